The molecular weight excluding hydrogens is 308 g/mol. The molecule has 0 spiro atoms. The van der Waals surface area contributed by atoms with Crippen molar-refractivity contribution in [2.24, 2.45) is 10.2 Å². The largest absolute Gasteiger partial charge is 0.363 e. The van der Waals surface area contributed by atoms with E-state index >= 15 is 0 Å². The lowest BCUT2D eigenvalue weighted by atomic mass is 10.1. The Kier molecular flexibility index (Phi) is 3.97. The molecule has 0 aliphatic carbocycles. The monoisotopic (exact) mass is 324 g/mol. The average molecular weight is 324 g/mol. The van der Waals surface area contributed by atoms with E-state index < -0.39 is 0 Å². The number of anilines is 1. The lowest BCUT2D eigenvalue weighted by Crippen LogP contribution is -2.13. The zero-order valence-corrected chi connectivity index (χ0v) is 13.6. The van der Waals surface area contributed by atoms with Crippen molar-refractivity contribution < 1.29 is 0 Å². The van der Waals surface area contributed by atoms with Crippen LogP contribution in [0.5, 0.6) is 0 Å². The van der Waals surface area contributed by atoms with Gasteiger partial charge >= 0.3 is 0 Å². The van der Waals surface area contributed by atoms with Gasteiger partial charge in [-0.3, -0.25) is 0 Å². The van der Waals surface area contributed by atoms with E-state index in [1.54, 1.807) is 24.3 Å². The number of rotatable bonds is 3. The van der Waals surface area contributed by atoms with E-state index in [1.165, 1.54) is 16.8 Å². The Morgan fingerprint density at radius 2 is 1.24 bits per heavy atom. The Morgan fingerprint density at radius 1 is 0.720 bits per heavy atom. The van der Waals surface area contributed by atoms with Gasteiger partial charge in [-0.15, -0.1) is 0 Å². The van der Waals surface area contributed by atoms with E-state index in [2.05, 4.69) is 57.6 Å². The summed E-state index contributed by atoms with van der Waals surface area (Å²) in [5, 5.41) is 17.3. The van der Waals surface area contributed by atoms with Gasteiger partial charge in [0.15, 0.2) is 0 Å². The first-order chi connectivity index (χ1) is 12.3. The lowest BCUT2D eigenvalue weighted by Gasteiger charge is -2.17. The van der Waals surface area contributed by atoms with Gasteiger partial charge in [-0.05, 0) is 59.7 Å². The Hall–Kier alpha value is -3.45. The van der Waals surface area contributed by atoms with Gasteiger partial charge in [0.05, 0.1) is 23.0 Å². The highest BCUT2D eigenvalue weighted by molar-refractivity contribution is 5.56. The molecule has 3 aromatic rings. The van der Waals surface area contributed by atoms with Gasteiger partial charge in [-0.1, -0.05) is 24.3 Å². The molecule has 0 aromatic heterocycles. The summed E-state index contributed by atoms with van der Waals surface area (Å²) in [6.07, 6.45) is 0. The maximum atomic E-state index is 8.80. The minimum absolute atomic E-state index is 0.620. The number of hydrogen-bond donors (Lipinski definition) is 0. The van der Waals surface area contributed by atoms with E-state index in [4.69, 9.17) is 5.26 Å². The molecule has 1 aliphatic rings. The minimum Gasteiger partial charge on any atom is -0.363 e. The van der Waals surface area contributed by atoms with Crippen LogP contribution in [0.1, 0.15) is 16.7 Å². The fourth-order valence-electron chi connectivity index (χ4n) is 2.96. The molecule has 120 valence electrons. The number of hydrogen-bond acceptors (Lipinski definition) is 4. The van der Waals surface area contributed by atoms with Crippen molar-refractivity contribution in [3.63, 3.8) is 0 Å². The first-order valence-electron chi connectivity index (χ1n) is 8.15. The van der Waals surface area contributed by atoms with Crippen molar-refractivity contribution in [2.75, 3.05) is 4.90 Å². The standard InChI is InChI=1S/C21H16N4/c22-13-16-5-7-19(8-6-16)23-24-20-9-11-21(12-10-20)25-14-17-3-1-2-4-18(17)15-25/h1-12H,14-15H2. The summed E-state index contributed by atoms with van der Waals surface area (Å²) >= 11 is 0. The maximum Gasteiger partial charge on any atom is 0.0991 e. The molecule has 0 amide bonds. The smallest absolute Gasteiger partial charge is 0.0991 e. The van der Waals surface area contributed by atoms with Crippen molar-refractivity contribution in [1.82, 2.24) is 0 Å². The predicted molar refractivity (Wildman–Crippen MR) is 98.1 cm³/mol. The van der Waals surface area contributed by atoms with Gasteiger partial charge in [0.25, 0.3) is 0 Å². The summed E-state index contributed by atoms with van der Waals surface area (Å²) in [4.78, 5) is 2.35. The third kappa shape index (κ3) is 3.26. The molecule has 0 radical (unpaired) electrons. The second-order valence-electron chi connectivity index (χ2n) is 6.00. The molecule has 0 saturated heterocycles. The molecule has 4 rings (SSSR count). The average Bonchev–Trinajstić information content (AvgIpc) is 3.11. The molecule has 0 atom stereocenters. The molecule has 0 bridgehead atoms. The van der Waals surface area contributed by atoms with Crippen molar-refractivity contribution in [2.45, 2.75) is 13.1 Å². The molecule has 0 saturated carbocycles. The van der Waals surface area contributed by atoms with E-state index in [1.807, 2.05) is 12.1 Å². The van der Waals surface area contributed by atoms with E-state index in [0.717, 1.165) is 24.5 Å². The summed E-state index contributed by atoms with van der Waals surface area (Å²) in [5.74, 6) is 0. The highest BCUT2D eigenvalue weighted by Gasteiger charge is 2.18. The second kappa shape index (κ2) is 6.58. The number of azo groups is 1. The summed E-state index contributed by atoms with van der Waals surface area (Å²) in [5.41, 5.74) is 6.14. The summed E-state index contributed by atoms with van der Waals surface area (Å²) in [7, 11) is 0. The van der Waals surface area contributed by atoms with Gasteiger partial charge in [0.1, 0.15) is 0 Å². The first-order valence-corrected chi connectivity index (χ1v) is 8.15. The highest BCUT2D eigenvalue weighted by Crippen LogP contribution is 2.29. The van der Waals surface area contributed by atoms with Crippen molar-refractivity contribution >= 4 is 17.1 Å². The van der Waals surface area contributed by atoms with Crippen LogP contribution in [0.15, 0.2) is 83.0 Å². The van der Waals surface area contributed by atoms with Crippen LogP contribution in [-0.4, -0.2) is 0 Å². The summed E-state index contributed by atoms with van der Waals surface area (Å²) in [6, 6.07) is 25.8. The minimum atomic E-state index is 0.620. The van der Waals surface area contributed by atoms with Gasteiger partial charge in [-0.2, -0.15) is 15.5 Å². The van der Waals surface area contributed by atoms with E-state index in [9.17, 15) is 0 Å². The fourth-order valence-corrected chi connectivity index (χ4v) is 2.96. The SMILES string of the molecule is N#Cc1ccc(N=Nc2ccc(N3Cc4ccccc4C3)cc2)cc1. The van der Waals surface area contributed by atoms with Crippen LogP contribution in [-0.2, 0) is 13.1 Å². The van der Waals surface area contributed by atoms with Crippen LogP contribution >= 0.6 is 0 Å². The number of nitrogens with zero attached hydrogens (tertiary/aromatic N) is 4. The normalized spacial score (nSPS) is 13.0. The Bertz CT molecular complexity index is 925. The van der Waals surface area contributed by atoms with Crippen LogP contribution in [0.4, 0.5) is 17.1 Å². The Balaban J connectivity index is 1.45. The molecule has 4 nitrogen and oxygen atoms in total. The van der Waals surface area contributed by atoms with E-state index in [-0.39, 0.29) is 0 Å². The number of nitriles is 1. The van der Waals surface area contributed by atoms with Gasteiger partial charge in [0.2, 0.25) is 0 Å². The Morgan fingerprint density at radius 3 is 1.76 bits per heavy atom. The summed E-state index contributed by atoms with van der Waals surface area (Å²) in [6.45, 7) is 1.89. The Labute approximate surface area is 146 Å². The third-order valence-corrected chi connectivity index (χ3v) is 4.33. The first kappa shape index (κ1) is 15.1. The van der Waals surface area contributed by atoms with Crippen LogP contribution in [0.25, 0.3) is 0 Å². The molecule has 0 N–H and O–H groups in total. The van der Waals surface area contributed by atoms with Crippen LogP contribution < -0.4 is 4.90 Å². The highest BCUT2D eigenvalue weighted by atomic mass is 15.1. The second-order valence-corrected chi connectivity index (χ2v) is 6.00. The molecule has 0 fully saturated rings. The molecular formula is C21H16N4. The van der Waals surface area contributed by atoms with Gasteiger partial charge in [-0.25, -0.2) is 0 Å². The molecule has 4 heteroatoms. The molecule has 0 unspecified atom stereocenters. The molecule has 1 aliphatic heterocycles. The lowest BCUT2D eigenvalue weighted by molar-refractivity contribution is 0.880. The van der Waals surface area contributed by atoms with Crippen molar-refractivity contribution in [1.29, 1.82) is 5.26 Å². The fraction of sp³-hybridized carbons (Fsp3) is 0.0952. The zero-order chi connectivity index (χ0) is 17.1. The van der Waals surface area contributed by atoms with Crippen LogP contribution in [0, 0.1) is 11.3 Å². The molecule has 3 aromatic carbocycles. The predicted octanol–water partition coefficient (Wildman–Crippen LogP) is 5.49. The number of benzene rings is 3. The molecule has 1 heterocycles. The molecule has 25 heavy (non-hydrogen) atoms. The van der Waals surface area contributed by atoms with Crippen molar-refractivity contribution in [3.05, 3.63) is 89.5 Å². The van der Waals surface area contributed by atoms with Crippen LogP contribution in [0.2, 0.25) is 0 Å². The number of fused-ring (bicyclic) bond motifs is 1. The summed E-state index contributed by atoms with van der Waals surface area (Å²) < 4.78 is 0. The van der Waals surface area contributed by atoms with Crippen LogP contribution in [0.3, 0.4) is 0 Å². The van der Waals surface area contributed by atoms with Gasteiger partial charge in [0, 0.05) is 18.8 Å². The van der Waals surface area contributed by atoms with Gasteiger partial charge < -0.3 is 4.90 Å². The van der Waals surface area contributed by atoms with E-state index in [0.29, 0.717) is 5.56 Å². The quantitative estimate of drug-likeness (QED) is 0.598. The zero-order valence-electron chi connectivity index (χ0n) is 13.6. The third-order valence-electron chi connectivity index (χ3n) is 4.33. The maximum absolute atomic E-state index is 8.80. The topological polar surface area (TPSA) is 51.8 Å². The van der Waals surface area contributed by atoms with Crippen molar-refractivity contribution in [3.8, 4) is 6.07 Å².